The van der Waals surface area contributed by atoms with E-state index in [-0.39, 0.29) is 12.5 Å². The van der Waals surface area contributed by atoms with Gasteiger partial charge in [-0.25, -0.2) is 4.98 Å². The molecule has 5 heteroatoms. The number of fused-ring (bicyclic) bond motifs is 1. The van der Waals surface area contributed by atoms with Crippen molar-refractivity contribution in [2.24, 2.45) is 0 Å². The number of rotatable bonds is 11. The second-order valence-electron chi connectivity index (χ2n) is 9.60. The van der Waals surface area contributed by atoms with Gasteiger partial charge in [0.2, 0.25) is 0 Å². The molecule has 0 fully saturated rings. The Hall–Kier alpha value is -3.60. The molecule has 36 heavy (non-hydrogen) atoms. The van der Waals surface area contributed by atoms with Gasteiger partial charge < -0.3 is 14.6 Å². The molecule has 1 aromatic heterocycles. The monoisotopic (exact) mass is 483 g/mol. The Morgan fingerprint density at radius 1 is 0.889 bits per heavy atom. The molecule has 0 bridgehead atoms. The molecule has 3 aromatic carbocycles. The highest BCUT2D eigenvalue weighted by Gasteiger charge is 2.15. The number of benzene rings is 3. The van der Waals surface area contributed by atoms with Gasteiger partial charge in [-0.2, -0.15) is 0 Å². The van der Waals surface area contributed by atoms with Crippen molar-refractivity contribution in [2.45, 2.75) is 59.9 Å². The summed E-state index contributed by atoms with van der Waals surface area (Å²) in [6.07, 6.45) is 3.92. The SMILES string of the molecule is Cc1cc(C)c(C)c(Cn2c(CCCCCNC(=O)COc3ccccc3)nc3ccccc32)c1C. The number of hydrogen-bond acceptors (Lipinski definition) is 3. The zero-order valence-electron chi connectivity index (χ0n) is 21.9. The molecule has 1 heterocycles. The maximum absolute atomic E-state index is 12.0. The number of ether oxygens (including phenoxy) is 1. The van der Waals surface area contributed by atoms with E-state index in [0.717, 1.165) is 43.6 Å². The molecule has 1 amide bonds. The zero-order chi connectivity index (χ0) is 25.5. The summed E-state index contributed by atoms with van der Waals surface area (Å²) in [6.45, 7) is 10.4. The van der Waals surface area contributed by atoms with E-state index in [9.17, 15) is 4.79 Å². The molecule has 5 nitrogen and oxygen atoms in total. The Kier molecular flexibility index (Phi) is 8.42. The maximum atomic E-state index is 12.0. The van der Waals surface area contributed by atoms with E-state index >= 15 is 0 Å². The molecular weight excluding hydrogens is 446 g/mol. The Morgan fingerprint density at radius 3 is 2.33 bits per heavy atom. The highest BCUT2D eigenvalue weighted by atomic mass is 16.5. The smallest absolute Gasteiger partial charge is 0.257 e. The van der Waals surface area contributed by atoms with E-state index < -0.39 is 0 Å². The van der Waals surface area contributed by atoms with E-state index in [1.807, 2.05) is 30.3 Å². The van der Waals surface area contributed by atoms with Crippen molar-refractivity contribution in [2.75, 3.05) is 13.2 Å². The van der Waals surface area contributed by atoms with Crippen molar-refractivity contribution in [3.63, 3.8) is 0 Å². The third-order valence-electron chi connectivity index (χ3n) is 7.08. The number of imidazole rings is 1. The fraction of sp³-hybridized carbons (Fsp3) is 0.355. The largest absolute Gasteiger partial charge is 0.484 e. The first-order valence-electron chi connectivity index (χ1n) is 12.9. The van der Waals surface area contributed by atoms with Gasteiger partial charge in [-0.3, -0.25) is 4.79 Å². The van der Waals surface area contributed by atoms with Crippen LogP contribution >= 0.6 is 0 Å². The van der Waals surface area contributed by atoms with Crippen molar-refractivity contribution in [1.29, 1.82) is 0 Å². The van der Waals surface area contributed by atoms with Crippen LogP contribution in [0.15, 0.2) is 60.7 Å². The van der Waals surface area contributed by atoms with Gasteiger partial charge >= 0.3 is 0 Å². The third kappa shape index (κ3) is 6.14. The van der Waals surface area contributed by atoms with Crippen LogP contribution in [-0.4, -0.2) is 28.6 Å². The number of nitrogens with one attached hydrogen (secondary N) is 1. The van der Waals surface area contributed by atoms with Crippen LogP contribution in [0, 0.1) is 27.7 Å². The molecule has 0 saturated heterocycles. The molecular formula is C31H37N3O2. The van der Waals surface area contributed by atoms with Crippen molar-refractivity contribution in [1.82, 2.24) is 14.9 Å². The number of amides is 1. The van der Waals surface area contributed by atoms with Crippen LogP contribution in [0.4, 0.5) is 0 Å². The summed E-state index contributed by atoms with van der Waals surface area (Å²) in [5, 5.41) is 2.96. The molecule has 0 aliphatic rings. The van der Waals surface area contributed by atoms with Crippen molar-refractivity contribution in [3.05, 3.63) is 94.3 Å². The summed E-state index contributed by atoms with van der Waals surface area (Å²) in [7, 11) is 0. The summed E-state index contributed by atoms with van der Waals surface area (Å²) in [4.78, 5) is 17.0. The van der Waals surface area contributed by atoms with E-state index in [4.69, 9.17) is 9.72 Å². The minimum Gasteiger partial charge on any atom is -0.484 e. The van der Waals surface area contributed by atoms with Gasteiger partial charge in [-0.15, -0.1) is 0 Å². The Labute approximate surface area is 214 Å². The highest BCUT2D eigenvalue weighted by Crippen LogP contribution is 2.26. The lowest BCUT2D eigenvalue weighted by Gasteiger charge is -2.18. The van der Waals surface area contributed by atoms with Crippen molar-refractivity contribution >= 4 is 16.9 Å². The van der Waals surface area contributed by atoms with Gasteiger partial charge in [0, 0.05) is 19.5 Å². The summed E-state index contributed by atoms with van der Waals surface area (Å²) < 4.78 is 7.90. The lowest BCUT2D eigenvalue weighted by Crippen LogP contribution is -2.29. The third-order valence-corrected chi connectivity index (χ3v) is 7.08. The van der Waals surface area contributed by atoms with Crippen LogP contribution in [-0.2, 0) is 17.8 Å². The molecule has 0 atom stereocenters. The Morgan fingerprint density at radius 2 is 1.58 bits per heavy atom. The van der Waals surface area contributed by atoms with Crippen LogP contribution in [0.2, 0.25) is 0 Å². The molecule has 0 aliphatic heterocycles. The molecule has 4 aromatic rings. The summed E-state index contributed by atoms with van der Waals surface area (Å²) in [5.74, 6) is 1.76. The first-order chi connectivity index (χ1) is 17.4. The van der Waals surface area contributed by atoms with E-state index in [1.54, 1.807) is 0 Å². The number of unbranched alkanes of at least 4 members (excludes halogenated alkanes) is 2. The van der Waals surface area contributed by atoms with Gasteiger partial charge in [0.15, 0.2) is 6.61 Å². The number of aromatic nitrogens is 2. The molecule has 0 aliphatic carbocycles. The summed E-state index contributed by atoms with van der Waals surface area (Å²) in [6, 6.07) is 20.1. The zero-order valence-corrected chi connectivity index (χ0v) is 21.9. The van der Waals surface area contributed by atoms with Gasteiger partial charge in [-0.05, 0) is 92.6 Å². The number of nitrogens with zero attached hydrogens (tertiary/aromatic N) is 2. The number of aryl methyl sites for hydroxylation is 3. The molecule has 4 rings (SSSR count). The Bertz CT molecular complexity index is 1300. The van der Waals surface area contributed by atoms with Crippen LogP contribution in [0.25, 0.3) is 11.0 Å². The van der Waals surface area contributed by atoms with Gasteiger partial charge in [-0.1, -0.05) is 42.8 Å². The predicted octanol–water partition coefficient (Wildman–Crippen LogP) is 6.23. The molecule has 0 unspecified atom stereocenters. The average molecular weight is 484 g/mol. The highest BCUT2D eigenvalue weighted by molar-refractivity contribution is 5.77. The lowest BCUT2D eigenvalue weighted by atomic mass is 9.94. The maximum Gasteiger partial charge on any atom is 0.257 e. The predicted molar refractivity (Wildman–Crippen MR) is 147 cm³/mol. The van der Waals surface area contributed by atoms with Gasteiger partial charge in [0.25, 0.3) is 5.91 Å². The van der Waals surface area contributed by atoms with Crippen LogP contribution in [0.1, 0.15) is 52.9 Å². The minimum atomic E-state index is -0.0835. The van der Waals surface area contributed by atoms with Gasteiger partial charge in [0.1, 0.15) is 11.6 Å². The average Bonchev–Trinajstić information content (AvgIpc) is 3.23. The molecule has 188 valence electrons. The molecule has 0 radical (unpaired) electrons. The summed E-state index contributed by atoms with van der Waals surface area (Å²) in [5.41, 5.74) is 9.07. The number of carbonyl (C=O) groups excluding carboxylic acids is 1. The fourth-order valence-corrected chi connectivity index (χ4v) is 4.72. The van der Waals surface area contributed by atoms with Crippen LogP contribution in [0.3, 0.4) is 0 Å². The minimum absolute atomic E-state index is 0.0469. The van der Waals surface area contributed by atoms with E-state index in [1.165, 1.54) is 33.3 Å². The van der Waals surface area contributed by atoms with Crippen molar-refractivity contribution < 1.29 is 9.53 Å². The number of hydrogen-bond donors (Lipinski definition) is 1. The first-order valence-corrected chi connectivity index (χ1v) is 12.9. The summed E-state index contributed by atoms with van der Waals surface area (Å²) >= 11 is 0. The number of para-hydroxylation sites is 3. The normalized spacial score (nSPS) is 11.1. The molecule has 0 spiro atoms. The quantitative estimate of drug-likeness (QED) is 0.257. The second kappa shape index (κ2) is 11.9. The molecule has 0 saturated carbocycles. The lowest BCUT2D eigenvalue weighted by molar-refractivity contribution is -0.123. The van der Waals surface area contributed by atoms with E-state index in [0.29, 0.717) is 12.3 Å². The Balaban J connectivity index is 1.33. The standard InChI is InChI=1S/C31H37N3O2/c1-22-19-23(2)25(4)27(24(22)3)20-34-29-16-11-10-15-28(29)33-30(34)17-9-6-12-18-32-31(35)21-36-26-13-7-5-8-14-26/h5,7-8,10-11,13-16,19H,6,9,12,17-18,20-21H2,1-4H3,(H,32,35). The van der Waals surface area contributed by atoms with Crippen molar-refractivity contribution in [3.8, 4) is 5.75 Å². The topological polar surface area (TPSA) is 56.2 Å². The molecule has 1 N–H and O–H groups in total. The van der Waals surface area contributed by atoms with Gasteiger partial charge in [0.05, 0.1) is 11.0 Å². The van der Waals surface area contributed by atoms with Crippen LogP contribution < -0.4 is 10.1 Å². The first kappa shape index (κ1) is 25.5. The second-order valence-corrected chi connectivity index (χ2v) is 9.60. The van der Waals surface area contributed by atoms with E-state index in [2.05, 4.69) is 67.9 Å². The van der Waals surface area contributed by atoms with Crippen LogP contribution in [0.5, 0.6) is 5.75 Å². The fourth-order valence-electron chi connectivity index (χ4n) is 4.72. The number of carbonyl (C=O) groups is 1.